The van der Waals surface area contributed by atoms with Gasteiger partial charge in [-0.2, -0.15) is 13.2 Å². The van der Waals surface area contributed by atoms with Crippen molar-refractivity contribution in [3.63, 3.8) is 0 Å². The van der Waals surface area contributed by atoms with Gasteiger partial charge in [0.25, 0.3) is 5.91 Å². The smallest absolute Gasteiger partial charge is 0.367 e. The van der Waals surface area contributed by atoms with Gasteiger partial charge >= 0.3 is 6.18 Å². The van der Waals surface area contributed by atoms with Gasteiger partial charge in [0.05, 0.1) is 29.6 Å². The van der Waals surface area contributed by atoms with Crippen LogP contribution in [0.1, 0.15) is 41.1 Å². The Kier molecular flexibility index (Phi) is 5.85. The van der Waals surface area contributed by atoms with Gasteiger partial charge in [0.15, 0.2) is 11.5 Å². The third-order valence-electron chi connectivity index (χ3n) is 6.04. The van der Waals surface area contributed by atoms with Crippen LogP contribution in [0.15, 0.2) is 48.8 Å². The Balaban J connectivity index is 1.67. The van der Waals surface area contributed by atoms with E-state index in [9.17, 15) is 22.4 Å². The maximum absolute atomic E-state index is 15.3. The number of nitrogens with two attached hydrogens (primary N) is 1. The van der Waals surface area contributed by atoms with E-state index >= 15 is 4.39 Å². The Morgan fingerprint density at radius 3 is 2.47 bits per heavy atom. The summed E-state index contributed by atoms with van der Waals surface area (Å²) in [6, 6.07) is 8.39. The molecule has 0 spiro atoms. The van der Waals surface area contributed by atoms with E-state index in [0.717, 1.165) is 12.8 Å². The third-order valence-corrected chi connectivity index (χ3v) is 6.04. The SMILES string of the molecule is NC(=O)c1ccc(-c2cnc3c(NCCC(F)(F)F)nc(-c4ccc(F)cc4)cn23)c(C2CC2)c1F. The van der Waals surface area contributed by atoms with Gasteiger partial charge in [-0.15, -0.1) is 0 Å². The average molecular weight is 501 g/mol. The van der Waals surface area contributed by atoms with E-state index in [0.29, 0.717) is 28.1 Å². The van der Waals surface area contributed by atoms with Crippen molar-refractivity contribution in [3.05, 3.63) is 71.6 Å². The van der Waals surface area contributed by atoms with E-state index in [1.165, 1.54) is 36.5 Å². The Morgan fingerprint density at radius 2 is 1.83 bits per heavy atom. The highest BCUT2D eigenvalue weighted by molar-refractivity contribution is 5.94. The molecule has 0 radical (unpaired) electrons. The molecular weight excluding hydrogens is 481 g/mol. The molecule has 0 saturated heterocycles. The van der Waals surface area contributed by atoms with Gasteiger partial charge in [0, 0.05) is 29.4 Å². The van der Waals surface area contributed by atoms with Crippen molar-refractivity contribution in [2.45, 2.75) is 31.4 Å². The quantitative estimate of drug-likeness (QED) is 0.319. The number of fused-ring (bicyclic) bond motifs is 1. The van der Waals surface area contributed by atoms with Crippen molar-refractivity contribution < 1.29 is 26.7 Å². The molecule has 186 valence electrons. The number of alkyl halides is 3. The molecule has 0 unspecified atom stereocenters. The lowest BCUT2D eigenvalue weighted by atomic mass is 9.96. The number of amides is 1. The number of aromatic nitrogens is 3. The van der Waals surface area contributed by atoms with E-state index in [-0.39, 0.29) is 22.9 Å². The van der Waals surface area contributed by atoms with Crippen molar-refractivity contribution in [3.8, 4) is 22.5 Å². The summed E-state index contributed by atoms with van der Waals surface area (Å²) in [6.07, 6.45) is -0.871. The molecule has 5 rings (SSSR count). The van der Waals surface area contributed by atoms with Crippen molar-refractivity contribution in [1.29, 1.82) is 0 Å². The minimum atomic E-state index is -4.36. The zero-order chi connectivity index (χ0) is 25.6. The largest absolute Gasteiger partial charge is 0.390 e. The van der Waals surface area contributed by atoms with Crippen LogP contribution in [0.2, 0.25) is 0 Å². The topological polar surface area (TPSA) is 85.3 Å². The van der Waals surface area contributed by atoms with Gasteiger partial charge in [0.1, 0.15) is 11.6 Å². The minimum Gasteiger partial charge on any atom is -0.367 e. The number of hydrogen-bond donors (Lipinski definition) is 2. The van der Waals surface area contributed by atoms with E-state index in [1.807, 2.05) is 0 Å². The van der Waals surface area contributed by atoms with Crippen LogP contribution in [-0.2, 0) is 0 Å². The normalized spacial score (nSPS) is 13.8. The fourth-order valence-corrected chi connectivity index (χ4v) is 4.17. The lowest BCUT2D eigenvalue weighted by molar-refractivity contribution is -0.131. The number of hydrogen-bond acceptors (Lipinski definition) is 4. The van der Waals surface area contributed by atoms with E-state index in [2.05, 4.69) is 15.3 Å². The highest BCUT2D eigenvalue weighted by Gasteiger charge is 2.33. The summed E-state index contributed by atoms with van der Waals surface area (Å²) < 4.78 is 68.6. The maximum Gasteiger partial charge on any atom is 0.390 e. The van der Waals surface area contributed by atoms with E-state index in [1.54, 1.807) is 16.7 Å². The molecule has 0 bridgehead atoms. The first kappa shape index (κ1) is 23.7. The molecule has 11 heteroatoms. The van der Waals surface area contributed by atoms with Crippen molar-refractivity contribution in [2.75, 3.05) is 11.9 Å². The Labute approximate surface area is 202 Å². The van der Waals surface area contributed by atoms with Crippen molar-refractivity contribution in [2.24, 2.45) is 5.73 Å². The summed E-state index contributed by atoms with van der Waals surface area (Å²) in [5, 5.41) is 2.69. The van der Waals surface area contributed by atoms with Gasteiger partial charge in [0.2, 0.25) is 0 Å². The second-order valence-corrected chi connectivity index (χ2v) is 8.64. The molecule has 2 aromatic heterocycles. The van der Waals surface area contributed by atoms with E-state index in [4.69, 9.17) is 5.73 Å². The molecule has 0 atom stereocenters. The predicted octanol–water partition coefficient (Wildman–Crippen LogP) is 5.68. The summed E-state index contributed by atoms with van der Waals surface area (Å²) in [7, 11) is 0. The van der Waals surface area contributed by atoms with Gasteiger partial charge in [-0.05, 0) is 49.1 Å². The number of rotatable bonds is 7. The number of anilines is 1. The standard InChI is InChI=1S/C25H20F5N5O/c26-15-5-3-13(4-6-15)18-12-35-19(11-33-24(35)23(34-18)32-10-9-25(28,29)30)16-7-8-17(22(31)36)21(27)20(16)14-1-2-14/h3-8,11-12,14H,1-2,9-10H2,(H2,31,36)(H,32,34). The summed E-state index contributed by atoms with van der Waals surface area (Å²) in [4.78, 5) is 20.5. The highest BCUT2D eigenvalue weighted by atomic mass is 19.4. The summed E-state index contributed by atoms with van der Waals surface area (Å²) in [6.45, 7) is -0.434. The summed E-state index contributed by atoms with van der Waals surface area (Å²) in [5.41, 5.74) is 7.53. The molecule has 4 aromatic rings. The fraction of sp³-hybridized carbons (Fsp3) is 0.240. The van der Waals surface area contributed by atoms with Crippen molar-refractivity contribution in [1.82, 2.24) is 14.4 Å². The number of primary amides is 1. The monoisotopic (exact) mass is 501 g/mol. The predicted molar refractivity (Wildman–Crippen MR) is 123 cm³/mol. The molecule has 3 N–H and O–H groups in total. The molecule has 0 aliphatic heterocycles. The minimum absolute atomic E-state index is 0.0902. The first-order valence-electron chi connectivity index (χ1n) is 11.2. The molecule has 1 saturated carbocycles. The number of benzene rings is 2. The van der Waals surface area contributed by atoms with Crippen LogP contribution < -0.4 is 11.1 Å². The number of carbonyl (C=O) groups is 1. The maximum atomic E-state index is 15.3. The van der Waals surface area contributed by atoms with Gasteiger partial charge in [-0.25, -0.2) is 18.7 Å². The number of nitrogens with one attached hydrogen (secondary N) is 1. The lowest BCUT2D eigenvalue weighted by Crippen LogP contribution is -2.16. The summed E-state index contributed by atoms with van der Waals surface area (Å²) in [5.74, 6) is -2.01. The van der Waals surface area contributed by atoms with Crippen LogP contribution in [0.5, 0.6) is 0 Å². The number of nitrogens with zero attached hydrogens (tertiary/aromatic N) is 3. The second kappa shape index (κ2) is 8.89. The molecule has 1 aliphatic rings. The number of carbonyl (C=O) groups excluding carboxylic acids is 1. The van der Waals surface area contributed by atoms with Crippen LogP contribution in [-0.4, -0.2) is 33.0 Å². The highest BCUT2D eigenvalue weighted by Crippen LogP contribution is 2.46. The van der Waals surface area contributed by atoms with Crippen LogP contribution >= 0.6 is 0 Å². The molecule has 1 fully saturated rings. The molecular formula is C25H20F5N5O. The molecule has 2 heterocycles. The zero-order valence-electron chi connectivity index (χ0n) is 18.7. The van der Waals surface area contributed by atoms with Gasteiger partial charge in [-0.3, -0.25) is 9.20 Å². The van der Waals surface area contributed by atoms with Crippen LogP contribution in [0.3, 0.4) is 0 Å². The van der Waals surface area contributed by atoms with Crippen LogP contribution in [0.4, 0.5) is 27.8 Å². The molecule has 2 aromatic carbocycles. The third kappa shape index (κ3) is 4.60. The van der Waals surface area contributed by atoms with Crippen molar-refractivity contribution >= 4 is 17.4 Å². The first-order chi connectivity index (χ1) is 17.1. The number of imidazole rings is 1. The Morgan fingerprint density at radius 1 is 1.11 bits per heavy atom. The molecule has 1 amide bonds. The molecule has 1 aliphatic carbocycles. The van der Waals surface area contributed by atoms with E-state index < -0.39 is 36.7 Å². The fourth-order valence-electron chi connectivity index (χ4n) is 4.17. The van der Waals surface area contributed by atoms with Gasteiger partial charge in [-0.1, -0.05) is 6.07 Å². The zero-order valence-corrected chi connectivity index (χ0v) is 18.7. The molecule has 36 heavy (non-hydrogen) atoms. The Hall–Kier alpha value is -4.02. The Bertz CT molecular complexity index is 1460. The van der Waals surface area contributed by atoms with Crippen LogP contribution in [0.25, 0.3) is 28.2 Å². The second-order valence-electron chi connectivity index (χ2n) is 8.64. The first-order valence-corrected chi connectivity index (χ1v) is 11.2. The molecule has 6 nitrogen and oxygen atoms in total. The van der Waals surface area contributed by atoms with Crippen LogP contribution in [0, 0.1) is 11.6 Å². The average Bonchev–Trinajstić information content (AvgIpc) is 3.56. The number of halogens is 5. The van der Waals surface area contributed by atoms with Gasteiger partial charge < -0.3 is 11.1 Å². The lowest BCUT2D eigenvalue weighted by Gasteiger charge is -2.14. The summed E-state index contributed by atoms with van der Waals surface area (Å²) >= 11 is 0.